The molecule has 5 atom stereocenters. The first-order valence-electron chi connectivity index (χ1n) is 12.9. The Morgan fingerprint density at radius 2 is 1.97 bits per heavy atom. The number of nitrogens with one attached hydrogen (secondary N) is 1. The number of para-hydroxylation sites is 1. The van der Waals surface area contributed by atoms with Crippen LogP contribution in [-0.4, -0.2) is 45.0 Å². The van der Waals surface area contributed by atoms with Crippen LogP contribution in [0.4, 0.5) is 0 Å². The van der Waals surface area contributed by atoms with Gasteiger partial charge in [0.05, 0.1) is 35.7 Å². The Hall–Kier alpha value is -3.90. The van der Waals surface area contributed by atoms with E-state index < -0.39 is 35.2 Å². The van der Waals surface area contributed by atoms with Crippen LogP contribution in [-0.2, 0) is 9.59 Å². The van der Waals surface area contributed by atoms with Crippen molar-refractivity contribution in [2.75, 3.05) is 0 Å². The number of guanidine groups is 1. The summed E-state index contributed by atoms with van der Waals surface area (Å²) >= 11 is 0. The Labute approximate surface area is 222 Å². The second-order valence-corrected chi connectivity index (χ2v) is 11.6. The van der Waals surface area contributed by atoms with E-state index in [4.69, 9.17) is 10.5 Å². The summed E-state index contributed by atoms with van der Waals surface area (Å²) in [6.07, 6.45) is -0.250. The van der Waals surface area contributed by atoms with Gasteiger partial charge in [0, 0.05) is 11.5 Å². The Bertz CT molecular complexity index is 1360. The van der Waals surface area contributed by atoms with Crippen LogP contribution in [0.25, 0.3) is 0 Å². The molecule has 2 aromatic carbocycles. The average Bonchev–Trinajstić information content (AvgIpc) is 3.64. The van der Waals surface area contributed by atoms with Gasteiger partial charge in [-0.3, -0.25) is 14.5 Å². The topological polar surface area (TPSA) is 141 Å². The highest BCUT2D eigenvalue weighted by atomic mass is 16.5. The molecule has 0 spiro atoms. The van der Waals surface area contributed by atoms with Gasteiger partial charge < -0.3 is 20.9 Å². The Balaban J connectivity index is 1.44. The third kappa shape index (κ3) is 4.61. The highest BCUT2D eigenvalue weighted by Crippen LogP contribution is 2.52. The zero-order chi connectivity index (χ0) is 27.4. The number of nitrogens with two attached hydrogens (primary N) is 1. The van der Waals surface area contributed by atoms with Crippen molar-refractivity contribution in [1.29, 1.82) is 5.26 Å². The highest BCUT2D eigenvalue weighted by molar-refractivity contribution is 5.99. The molecule has 0 bridgehead atoms. The Morgan fingerprint density at radius 1 is 1.24 bits per heavy atom. The van der Waals surface area contributed by atoms with Crippen molar-refractivity contribution in [2.24, 2.45) is 22.6 Å². The number of carbonyl (C=O) groups is 2. The molecule has 1 fully saturated rings. The molecule has 198 valence electrons. The molecule has 3 aliphatic rings. The van der Waals surface area contributed by atoms with E-state index in [0.29, 0.717) is 23.3 Å². The maximum Gasteiger partial charge on any atom is 0.232 e. The predicted octanol–water partition coefficient (Wildman–Crippen LogP) is 2.95. The summed E-state index contributed by atoms with van der Waals surface area (Å²) in [6.45, 7) is 7.28. The zero-order valence-corrected chi connectivity index (χ0v) is 22.0. The van der Waals surface area contributed by atoms with Crippen LogP contribution in [0.15, 0.2) is 53.5 Å². The number of ether oxygens (including phenoxy) is 1. The number of nitrogens with zero attached hydrogens (tertiary/aromatic N) is 3. The Morgan fingerprint density at radius 3 is 2.68 bits per heavy atom. The monoisotopic (exact) mass is 515 g/mol. The second-order valence-electron chi connectivity index (χ2n) is 11.6. The fraction of sp³-hybridized carbons (Fsp3) is 0.448. The van der Waals surface area contributed by atoms with E-state index in [2.05, 4.69) is 16.4 Å². The van der Waals surface area contributed by atoms with Crippen molar-refractivity contribution in [3.8, 4) is 11.8 Å². The lowest BCUT2D eigenvalue weighted by Gasteiger charge is -2.42. The van der Waals surface area contributed by atoms with E-state index in [9.17, 15) is 20.0 Å². The SMILES string of the molecule is CC1(C)CC(=O)N([C@H](c2cccc(C#N)c2)C2C[C@H]2C(=O)N[C@@H]2c3ccccc3OC(C)(C)[C@H]2O)C(N)=N1. The summed E-state index contributed by atoms with van der Waals surface area (Å²) in [4.78, 5) is 32.9. The van der Waals surface area contributed by atoms with E-state index in [1.807, 2.05) is 44.2 Å². The van der Waals surface area contributed by atoms with Crippen LogP contribution >= 0.6 is 0 Å². The number of benzene rings is 2. The molecule has 0 aromatic heterocycles. The van der Waals surface area contributed by atoms with Crippen LogP contribution in [0.1, 0.15) is 69.3 Å². The molecule has 1 saturated carbocycles. The summed E-state index contributed by atoms with van der Waals surface area (Å²) in [5.74, 6) is -0.295. The first-order valence-corrected chi connectivity index (χ1v) is 12.9. The second kappa shape index (κ2) is 9.14. The van der Waals surface area contributed by atoms with Crippen molar-refractivity contribution in [3.05, 3.63) is 65.2 Å². The van der Waals surface area contributed by atoms with Crippen molar-refractivity contribution in [3.63, 3.8) is 0 Å². The summed E-state index contributed by atoms with van der Waals surface area (Å²) in [5, 5.41) is 23.6. The van der Waals surface area contributed by atoms with Crippen molar-refractivity contribution >= 4 is 17.8 Å². The lowest BCUT2D eigenvalue weighted by atomic mass is 9.86. The van der Waals surface area contributed by atoms with Crippen molar-refractivity contribution in [2.45, 2.75) is 69.9 Å². The molecule has 2 heterocycles. The standard InChI is InChI=1S/C29H33N5O4/c1-28(2)14-22(35)34(27(31)33-28)24(17-9-7-8-16(12-17)15-30)19-13-20(19)26(37)32-23-18-10-5-6-11-21(18)38-29(3,4)25(23)36/h5-12,19-20,23-25,36H,13-14H2,1-4H3,(H2,31,33)(H,32,37)/t19?,20-,23-,24-,25+/m1/s1. The number of hydrogen-bond acceptors (Lipinski definition) is 7. The zero-order valence-electron chi connectivity index (χ0n) is 22.0. The molecular weight excluding hydrogens is 482 g/mol. The lowest BCUT2D eigenvalue weighted by Crippen LogP contribution is -2.54. The van der Waals surface area contributed by atoms with E-state index in [0.717, 1.165) is 5.56 Å². The van der Waals surface area contributed by atoms with Crippen molar-refractivity contribution < 1.29 is 19.4 Å². The molecule has 2 aromatic rings. The molecule has 9 nitrogen and oxygen atoms in total. The molecule has 9 heteroatoms. The van der Waals surface area contributed by atoms with Crippen LogP contribution in [0.2, 0.25) is 0 Å². The van der Waals surface area contributed by atoms with Gasteiger partial charge in [-0.2, -0.15) is 5.26 Å². The number of carbonyl (C=O) groups excluding carboxylic acids is 2. The number of fused-ring (bicyclic) bond motifs is 1. The number of amides is 2. The van der Waals surface area contributed by atoms with Gasteiger partial charge in [-0.15, -0.1) is 0 Å². The van der Waals surface area contributed by atoms with Crippen LogP contribution in [0, 0.1) is 23.2 Å². The molecule has 5 rings (SSSR count). The van der Waals surface area contributed by atoms with Crippen LogP contribution < -0.4 is 15.8 Å². The number of nitriles is 1. The highest BCUT2D eigenvalue weighted by Gasteiger charge is 2.54. The van der Waals surface area contributed by atoms with Gasteiger partial charge in [0.15, 0.2) is 5.96 Å². The van der Waals surface area contributed by atoms with E-state index >= 15 is 0 Å². The van der Waals surface area contributed by atoms with E-state index in [-0.39, 0.29) is 30.1 Å². The van der Waals surface area contributed by atoms with Crippen molar-refractivity contribution in [1.82, 2.24) is 10.2 Å². The molecule has 1 unspecified atom stereocenters. The molecule has 2 amide bonds. The van der Waals surface area contributed by atoms with E-state index in [1.54, 1.807) is 32.0 Å². The maximum atomic E-state index is 13.6. The molecule has 38 heavy (non-hydrogen) atoms. The minimum absolute atomic E-state index is 0.111. The molecule has 2 aliphatic heterocycles. The third-order valence-corrected chi connectivity index (χ3v) is 7.69. The summed E-state index contributed by atoms with van der Waals surface area (Å²) < 4.78 is 5.98. The fourth-order valence-corrected chi connectivity index (χ4v) is 5.69. The number of rotatable bonds is 5. The Kier molecular flexibility index (Phi) is 6.19. The first-order chi connectivity index (χ1) is 17.9. The van der Waals surface area contributed by atoms with Gasteiger partial charge in [0.2, 0.25) is 11.8 Å². The number of aliphatic hydroxyl groups excluding tert-OH is 1. The summed E-state index contributed by atoms with van der Waals surface area (Å²) in [7, 11) is 0. The summed E-state index contributed by atoms with van der Waals surface area (Å²) in [5.41, 5.74) is 6.73. The largest absolute Gasteiger partial charge is 0.485 e. The fourth-order valence-electron chi connectivity index (χ4n) is 5.69. The first kappa shape index (κ1) is 25.7. The van der Waals surface area contributed by atoms with Gasteiger partial charge in [0.1, 0.15) is 17.5 Å². The minimum Gasteiger partial charge on any atom is -0.485 e. The molecule has 4 N–H and O–H groups in total. The summed E-state index contributed by atoms with van der Waals surface area (Å²) in [6, 6.07) is 15.4. The minimum atomic E-state index is -0.963. The molecular formula is C29H33N5O4. The number of aliphatic imine (C=N–C) groups is 1. The van der Waals surface area contributed by atoms with Gasteiger partial charge in [-0.25, -0.2) is 4.99 Å². The maximum absolute atomic E-state index is 13.6. The quantitative estimate of drug-likeness (QED) is 0.559. The van der Waals surface area contributed by atoms with Gasteiger partial charge in [-0.1, -0.05) is 30.3 Å². The van der Waals surface area contributed by atoms with E-state index in [1.165, 1.54) is 4.90 Å². The molecule has 0 radical (unpaired) electrons. The number of hydrogen-bond donors (Lipinski definition) is 3. The number of aliphatic hydroxyl groups is 1. The van der Waals surface area contributed by atoms with Gasteiger partial charge in [-0.05, 0) is 63.8 Å². The average molecular weight is 516 g/mol. The lowest BCUT2D eigenvalue weighted by molar-refractivity contribution is -0.132. The predicted molar refractivity (Wildman–Crippen MR) is 141 cm³/mol. The smallest absolute Gasteiger partial charge is 0.232 e. The van der Waals surface area contributed by atoms with Gasteiger partial charge in [0.25, 0.3) is 0 Å². The molecule has 0 saturated heterocycles. The van der Waals surface area contributed by atoms with Gasteiger partial charge >= 0.3 is 0 Å². The van der Waals surface area contributed by atoms with Crippen LogP contribution in [0.3, 0.4) is 0 Å². The van der Waals surface area contributed by atoms with Crippen LogP contribution in [0.5, 0.6) is 5.75 Å². The normalized spacial score (nSPS) is 27.7. The third-order valence-electron chi connectivity index (χ3n) is 7.69. The molecule has 1 aliphatic carbocycles.